The summed E-state index contributed by atoms with van der Waals surface area (Å²) >= 11 is 0. The zero-order valence-corrected chi connectivity index (χ0v) is 10.8. The van der Waals surface area contributed by atoms with Crippen molar-refractivity contribution >= 4 is 0 Å². The predicted molar refractivity (Wildman–Crippen MR) is 68.8 cm³/mol. The van der Waals surface area contributed by atoms with Crippen molar-refractivity contribution in [2.75, 3.05) is 7.11 Å². The topological polar surface area (TPSA) is 21.3 Å². The Hall–Kier alpha value is -1.02. The fraction of sp³-hybridized carbons (Fsp3) is 0.571. The molecule has 0 heterocycles. The third kappa shape index (κ3) is 3.53. The Bertz CT molecular complexity index is 318. The van der Waals surface area contributed by atoms with Crippen molar-refractivity contribution in [2.24, 2.45) is 0 Å². The van der Waals surface area contributed by atoms with E-state index in [0.29, 0.717) is 0 Å². The molecule has 1 rings (SSSR count). The lowest BCUT2D eigenvalue weighted by atomic mass is 9.95. The molecule has 90 valence electrons. The Morgan fingerprint density at radius 3 is 2.50 bits per heavy atom. The predicted octanol–water partition coefficient (Wildman–Crippen LogP) is 3.36. The van der Waals surface area contributed by atoms with Crippen LogP contribution in [-0.2, 0) is 6.54 Å². The van der Waals surface area contributed by atoms with Gasteiger partial charge in [0, 0.05) is 12.1 Å². The highest BCUT2D eigenvalue weighted by Gasteiger charge is 2.17. The molecule has 0 aromatic heterocycles. The number of nitrogens with one attached hydrogen (secondary N) is 1. The monoisotopic (exact) mass is 221 g/mol. The maximum atomic E-state index is 5.21. The van der Waals surface area contributed by atoms with Crippen LogP contribution in [0.2, 0.25) is 0 Å². The third-order valence-corrected chi connectivity index (χ3v) is 3.41. The average molecular weight is 221 g/mol. The molecule has 0 bridgehead atoms. The fourth-order valence-corrected chi connectivity index (χ4v) is 1.60. The van der Waals surface area contributed by atoms with E-state index in [1.165, 1.54) is 5.56 Å². The minimum atomic E-state index is 0.239. The van der Waals surface area contributed by atoms with Crippen molar-refractivity contribution in [3.8, 4) is 5.75 Å². The van der Waals surface area contributed by atoms with Crippen molar-refractivity contribution in [1.29, 1.82) is 0 Å². The first-order valence-electron chi connectivity index (χ1n) is 6.01. The summed E-state index contributed by atoms with van der Waals surface area (Å²) in [6.07, 6.45) is 2.29. The molecule has 0 fully saturated rings. The molecule has 1 aromatic carbocycles. The van der Waals surface area contributed by atoms with Crippen LogP contribution in [0.4, 0.5) is 0 Å². The highest BCUT2D eigenvalue weighted by molar-refractivity contribution is 5.28. The Morgan fingerprint density at radius 1 is 1.25 bits per heavy atom. The van der Waals surface area contributed by atoms with Gasteiger partial charge in [0.2, 0.25) is 0 Å². The van der Waals surface area contributed by atoms with Crippen LogP contribution in [0.15, 0.2) is 24.3 Å². The van der Waals surface area contributed by atoms with Gasteiger partial charge >= 0.3 is 0 Å². The smallest absolute Gasteiger partial charge is 0.119 e. The number of rotatable bonds is 6. The van der Waals surface area contributed by atoms with Crippen molar-refractivity contribution in [2.45, 2.75) is 45.7 Å². The summed E-state index contributed by atoms with van der Waals surface area (Å²) < 4.78 is 5.21. The van der Waals surface area contributed by atoms with Crippen LogP contribution in [0.25, 0.3) is 0 Å². The van der Waals surface area contributed by atoms with Gasteiger partial charge in [-0.05, 0) is 37.5 Å². The molecule has 0 saturated heterocycles. The summed E-state index contributed by atoms with van der Waals surface area (Å²) in [6.45, 7) is 7.62. The fourth-order valence-electron chi connectivity index (χ4n) is 1.60. The second-order valence-electron chi connectivity index (χ2n) is 4.47. The van der Waals surface area contributed by atoms with E-state index in [2.05, 4.69) is 38.2 Å². The van der Waals surface area contributed by atoms with Gasteiger partial charge in [-0.25, -0.2) is 0 Å². The molecule has 0 spiro atoms. The van der Waals surface area contributed by atoms with Crippen LogP contribution in [0, 0.1) is 0 Å². The molecule has 0 aliphatic heterocycles. The van der Waals surface area contributed by atoms with Gasteiger partial charge < -0.3 is 10.1 Å². The van der Waals surface area contributed by atoms with Gasteiger partial charge in [-0.15, -0.1) is 0 Å². The molecular formula is C14H23NO. The van der Waals surface area contributed by atoms with E-state index in [1.807, 2.05) is 12.1 Å². The van der Waals surface area contributed by atoms with Gasteiger partial charge in [0.1, 0.15) is 5.75 Å². The van der Waals surface area contributed by atoms with Crippen molar-refractivity contribution in [1.82, 2.24) is 5.32 Å². The lowest BCUT2D eigenvalue weighted by Gasteiger charge is -2.28. The zero-order chi connectivity index (χ0) is 12.0. The molecule has 0 amide bonds. The standard InChI is InChI=1S/C14H23NO/c1-5-14(3,6-2)15-11-12-8-7-9-13(10-12)16-4/h7-10,15H,5-6,11H2,1-4H3. The number of hydrogen-bond acceptors (Lipinski definition) is 2. The lowest BCUT2D eigenvalue weighted by Crippen LogP contribution is -2.40. The summed E-state index contributed by atoms with van der Waals surface area (Å²) in [7, 11) is 1.70. The number of methoxy groups -OCH3 is 1. The second-order valence-corrected chi connectivity index (χ2v) is 4.47. The molecule has 0 aliphatic rings. The van der Waals surface area contributed by atoms with E-state index in [1.54, 1.807) is 7.11 Å². The minimum Gasteiger partial charge on any atom is -0.497 e. The van der Waals surface area contributed by atoms with E-state index < -0.39 is 0 Å². The second kappa shape index (κ2) is 5.90. The molecule has 0 radical (unpaired) electrons. The first kappa shape index (κ1) is 13.0. The number of benzene rings is 1. The van der Waals surface area contributed by atoms with Crippen LogP contribution in [0.5, 0.6) is 5.75 Å². The highest BCUT2D eigenvalue weighted by atomic mass is 16.5. The molecule has 0 aliphatic carbocycles. The summed E-state index contributed by atoms with van der Waals surface area (Å²) in [4.78, 5) is 0. The maximum absolute atomic E-state index is 5.21. The molecule has 0 unspecified atom stereocenters. The molecule has 1 aromatic rings. The first-order valence-corrected chi connectivity index (χ1v) is 6.01. The maximum Gasteiger partial charge on any atom is 0.119 e. The van der Waals surface area contributed by atoms with E-state index in [-0.39, 0.29) is 5.54 Å². The molecule has 0 saturated carbocycles. The largest absolute Gasteiger partial charge is 0.497 e. The Kier molecular flexibility index (Phi) is 4.81. The Morgan fingerprint density at radius 2 is 1.94 bits per heavy atom. The first-order chi connectivity index (χ1) is 7.63. The molecule has 2 heteroatoms. The van der Waals surface area contributed by atoms with Crippen LogP contribution < -0.4 is 10.1 Å². The van der Waals surface area contributed by atoms with E-state index in [4.69, 9.17) is 4.74 Å². The lowest BCUT2D eigenvalue weighted by molar-refractivity contribution is 0.329. The number of ether oxygens (including phenoxy) is 1. The van der Waals surface area contributed by atoms with Gasteiger partial charge in [0.15, 0.2) is 0 Å². The van der Waals surface area contributed by atoms with E-state index in [9.17, 15) is 0 Å². The van der Waals surface area contributed by atoms with E-state index >= 15 is 0 Å². The molecule has 1 N–H and O–H groups in total. The molecule has 2 nitrogen and oxygen atoms in total. The van der Waals surface area contributed by atoms with Gasteiger partial charge in [0.25, 0.3) is 0 Å². The summed E-state index contributed by atoms with van der Waals surface area (Å²) in [5.41, 5.74) is 1.51. The van der Waals surface area contributed by atoms with Crippen molar-refractivity contribution in [3.05, 3.63) is 29.8 Å². The minimum absolute atomic E-state index is 0.239. The van der Waals surface area contributed by atoms with Gasteiger partial charge in [-0.2, -0.15) is 0 Å². The van der Waals surface area contributed by atoms with Crippen molar-refractivity contribution in [3.63, 3.8) is 0 Å². The summed E-state index contributed by atoms with van der Waals surface area (Å²) in [6, 6.07) is 8.22. The molecule has 0 atom stereocenters. The van der Waals surface area contributed by atoms with Gasteiger partial charge in [-0.1, -0.05) is 26.0 Å². The normalized spacial score (nSPS) is 11.5. The van der Waals surface area contributed by atoms with Gasteiger partial charge in [0.05, 0.1) is 7.11 Å². The van der Waals surface area contributed by atoms with Crippen LogP contribution in [0.1, 0.15) is 39.2 Å². The van der Waals surface area contributed by atoms with Crippen LogP contribution in [0.3, 0.4) is 0 Å². The Labute approximate surface area is 99.0 Å². The van der Waals surface area contributed by atoms with E-state index in [0.717, 1.165) is 25.1 Å². The Balaban J connectivity index is 2.60. The quantitative estimate of drug-likeness (QED) is 0.795. The molecular weight excluding hydrogens is 198 g/mol. The molecule has 16 heavy (non-hydrogen) atoms. The zero-order valence-electron chi connectivity index (χ0n) is 10.8. The summed E-state index contributed by atoms with van der Waals surface area (Å²) in [5.74, 6) is 0.925. The van der Waals surface area contributed by atoms with Gasteiger partial charge in [-0.3, -0.25) is 0 Å². The summed E-state index contributed by atoms with van der Waals surface area (Å²) in [5, 5.41) is 3.61. The SMILES string of the molecule is CCC(C)(CC)NCc1cccc(OC)c1. The highest BCUT2D eigenvalue weighted by Crippen LogP contribution is 2.16. The third-order valence-electron chi connectivity index (χ3n) is 3.41. The van der Waals surface area contributed by atoms with Crippen molar-refractivity contribution < 1.29 is 4.74 Å². The van der Waals surface area contributed by atoms with Crippen LogP contribution in [-0.4, -0.2) is 12.6 Å². The number of hydrogen-bond donors (Lipinski definition) is 1. The van der Waals surface area contributed by atoms with Crippen LogP contribution >= 0.6 is 0 Å². The average Bonchev–Trinajstić information content (AvgIpc) is 2.36.